The average molecular weight is 462 g/mol. The zero-order valence-electron chi connectivity index (χ0n) is 18.9. The van der Waals surface area contributed by atoms with Gasteiger partial charge in [0.1, 0.15) is 17.8 Å². The molecule has 9 heteroatoms. The molecule has 4 rings (SSSR count). The van der Waals surface area contributed by atoms with Crippen LogP contribution in [0, 0.1) is 4.91 Å². The number of pyridine rings is 1. The first-order valence-corrected chi connectivity index (χ1v) is 10.7. The molecule has 1 atom stereocenters. The van der Waals surface area contributed by atoms with Gasteiger partial charge in [-0.15, -0.1) is 4.91 Å². The Balaban J connectivity index is 0.000000751. The van der Waals surface area contributed by atoms with Gasteiger partial charge in [0.05, 0.1) is 16.7 Å². The van der Waals surface area contributed by atoms with E-state index >= 15 is 0 Å². The number of allylic oxidation sites excluding steroid dienone is 1. The second-order valence-electron chi connectivity index (χ2n) is 7.64. The Labute approximate surface area is 197 Å². The van der Waals surface area contributed by atoms with Crippen LogP contribution in [-0.2, 0) is 4.79 Å². The highest BCUT2D eigenvalue weighted by atomic mass is 16.5. The maximum absolute atomic E-state index is 12.6. The standard InChI is InChI=1S/C22H23N5O3.C3H4O/c1-26-14-12-16(15-26)24-20-11-13-23-22(28)21(20)27(25-29)17-7-9-19(10-8-17)30-18-5-3-2-4-6-18;1-2-3-4/h2-11,13,16H,12,14-15H2,1H3,(H2,23,24,28);2-3H,1H2. The summed E-state index contributed by atoms with van der Waals surface area (Å²) in [6.07, 6.45) is 4.36. The SMILES string of the molecule is C=CC=O.CN1CCC(Nc2cc[nH]c(=O)c2N(N=O)c2ccc(Oc3ccccc3)cc2)C1. The minimum atomic E-state index is -0.393. The summed E-state index contributed by atoms with van der Waals surface area (Å²) in [5.74, 6) is 1.33. The molecule has 0 radical (unpaired) electrons. The van der Waals surface area contributed by atoms with Crippen molar-refractivity contribution in [2.24, 2.45) is 5.29 Å². The third-order valence-electron chi connectivity index (χ3n) is 5.14. The number of likely N-dealkylation sites (N-methyl/N-ethyl adjacent to an activating group) is 1. The predicted octanol–water partition coefficient (Wildman–Crippen LogP) is 4.47. The lowest BCUT2D eigenvalue weighted by molar-refractivity contribution is -0.104. The van der Waals surface area contributed by atoms with Crippen molar-refractivity contribution in [1.82, 2.24) is 9.88 Å². The number of H-pyrrole nitrogens is 1. The van der Waals surface area contributed by atoms with Crippen molar-refractivity contribution in [1.29, 1.82) is 0 Å². The Hall–Kier alpha value is -4.24. The highest BCUT2D eigenvalue weighted by Crippen LogP contribution is 2.32. The van der Waals surface area contributed by atoms with Gasteiger partial charge in [-0.05, 0) is 68.6 Å². The summed E-state index contributed by atoms with van der Waals surface area (Å²) in [5.41, 5.74) is 0.811. The molecule has 0 spiro atoms. The monoisotopic (exact) mass is 461 g/mol. The number of nitroso groups, excluding NO2 is 1. The third kappa shape index (κ3) is 6.39. The Morgan fingerprint density at radius 3 is 2.41 bits per heavy atom. The molecule has 0 amide bonds. The fourth-order valence-corrected chi connectivity index (χ4v) is 3.57. The van der Waals surface area contributed by atoms with E-state index in [1.165, 1.54) is 6.08 Å². The van der Waals surface area contributed by atoms with Crippen LogP contribution < -0.4 is 20.6 Å². The summed E-state index contributed by atoms with van der Waals surface area (Å²) in [7, 11) is 2.05. The largest absolute Gasteiger partial charge is 0.457 e. The Kier molecular flexibility index (Phi) is 8.70. The van der Waals surface area contributed by atoms with Gasteiger partial charge in [-0.1, -0.05) is 24.8 Å². The predicted molar refractivity (Wildman–Crippen MR) is 134 cm³/mol. The minimum absolute atomic E-state index is 0.166. The molecule has 2 heterocycles. The number of aromatic nitrogens is 1. The van der Waals surface area contributed by atoms with Crippen molar-refractivity contribution in [3.05, 3.63) is 94.8 Å². The molecule has 0 bridgehead atoms. The molecule has 1 aliphatic heterocycles. The van der Waals surface area contributed by atoms with Crippen LogP contribution in [0.25, 0.3) is 0 Å². The van der Waals surface area contributed by atoms with Crippen LogP contribution in [-0.4, -0.2) is 42.3 Å². The van der Waals surface area contributed by atoms with E-state index in [1.54, 1.807) is 36.5 Å². The number of hydrogen-bond donors (Lipinski definition) is 2. The highest BCUT2D eigenvalue weighted by Gasteiger charge is 2.24. The fraction of sp³-hybridized carbons (Fsp3) is 0.200. The summed E-state index contributed by atoms with van der Waals surface area (Å²) in [4.78, 5) is 38.2. The van der Waals surface area contributed by atoms with Gasteiger partial charge in [-0.25, -0.2) is 0 Å². The van der Waals surface area contributed by atoms with Crippen LogP contribution >= 0.6 is 0 Å². The van der Waals surface area contributed by atoms with E-state index in [0.29, 0.717) is 29.2 Å². The van der Waals surface area contributed by atoms with Gasteiger partial charge >= 0.3 is 0 Å². The second-order valence-corrected chi connectivity index (χ2v) is 7.64. The van der Waals surface area contributed by atoms with Crippen molar-refractivity contribution in [2.75, 3.05) is 30.5 Å². The number of hydrogen-bond acceptors (Lipinski definition) is 7. The van der Waals surface area contributed by atoms with Crippen LogP contribution in [0.2, 0.25) is 0 Å². The Morgan fingerprint density at radius 1 is 1.15 bits per heavy atom. The first kappa shape index (κ1) is 24.4. The van der Waals surface area contributed by atoms with E-state index in [2.05, 4.69) is 34.1 Å². The van der Waals surface area contributed by atoms with E-state index in [-0.39, 0.29) is 11.7 Å². The van der Waals surface area contributed by atoms with Crippen LogP contribution in [0.3, 0.4) is 0 Å². The molecular formula is C25H27N5O4. The van der Waals surface area contributed by atoms with Crippen LogP contribution in [0.4, 0.5) is 17.1 Å². The number of benzene rings is 2. The molecule has 1 saturated heterocycles. The van der Waals surface area contributed by atoms with E-state index < -0.39 is 5.56 Å². The molecule has 0 saturated carbocycles. The molecule has 176 valence electrons. The number of nitrogens with one attached hydrogen (secondary N) is 2. The lowest BCUT2D eigenvalue weighted by Crippen LogP contribution is -2.27. The quantitative estimate of drug-likeness (QED) is 0.220. The number of likely N-dealkylation sites (tertiary alicyclic amines) is 1. The normalized spacial score (nSPS) is 14.9. The zero-order chi connectivity index (χ0) is 24.3. The van der Waals surface area contributed by atoms with Gasteiger partial charge in [0.15, 0.2) is 5.69 Å². The maximum atomic E-state index is 12.6. The van der Waals surface area contributed by atoms with Gasteiger partial charge < -0.3 is 19.9 Å². The lowest BCUT2D eigenvalue weighted by Gasteiger charge is -2.21. The van der Waals surface area contributed by atoms with Crippen LogP contribution in [0.5, 0.6) is 11.5 Å². The van der Waals surface area contributed by atoms with Crippen molar-refractivity contribution in [3.8, 4) is 11.5 Å². The number of ether oxygens (including phenoxy) is 1. The van der Waals surface area contributed by atoms with Crippen molar-refractivity contribution in [2.45, 2.75) is 12.5 Å². The molecule has 1 unspecified atom stereocenters. The Bertz CT molecular complexity index is 1140. The molecule has 1 fully saturated rings. The Morgan fingerprint density at radius 2 is 1.82 bits per heavy atom. The summed E-state index contributed by atoms with van der Waals surface area (Å²) in [6.45, 7) is 4.96. The topological polar surface area (TPSA) is 107 Å². The number of carbonyl (C=O) groups excluding carboxylic acids is 1. The van der Waals surface area contributed by atoms with Gasteiger partial charge in [-0.3, -0.25) is 9.59 Å². The fourth-order valence-electron chi connectivity index (χ4n) is 3.57. The van der Waals surface area contributed by atoms with Crippen LogP contribution in [0.15, 0.2) is 89.6 Å². The molecular weight excluding hydrogens is 434 g/mol. The molecule has 34 heavy (non-hydrogen) atoms. The molecule has 0 aliphatic carbocycles. The number of para-hydroxylation sites is 1. The van der Waals surface area contributed by atoms with E-state index in [0.717, 1.165) is 24.5 Å². The molecule has 2 aromatic carbocycles. The minimum Gasteiger partial charge on any atom is -0.457 e. The molecule has 1 aromatic heterocycles. The average Bonchev–Trinajstić information content (AvgIpc) is 3.27. The van der Waals surface area contributed by atoms with Crippen molar-refractivity contribution < 1.29 is 9.53 Å². The van der Waals surface area contributed by atoms with E-state index in [4.69, 9.17) is 9.53 Å². The molecule has 3 aromatic rings. The molecule has 2 N–H and O–H groups in total. The zero-order valence-corrected chi connectivity index (χ0v) is 18.9. The van der Waals surface area contributed by atoms with Gasteiger partial charge in [0.2, 0.25) is 0 Å². The second kappa shape index (κ2) is 12.1. The number of carbonyl (C=O) groups is 1. The lowest BCUT2D eigenvalue weighted by atomic mass is 10.2. The number of nitrogens with zero attached hydrogens (tertiary/aromatic N) is 3. The number of aromatic amines is 1. The highest BCUT2D eigenvalue weighted by molar-refractivity contribution is 5.75. The van der Waals surface area contributed by atoms with Crippen molar-refractivity contribution in [3.63, 3.8) is 0 Å². The number of rotatable bonds is 8. The van der Waals surface area contributed by atoms with Crippen molar-refractivity contribution >= 4 is 23.3 Å². The number of anilines is 3. The first-order valence-electron chi connectivity index (χ1n) is 10.7. The summed E-state index contributed by atoms with van der Waals surface area (Å²) >= 11 is 0. The summed E-state index contributed by atoms with van der Waals surface area (Å²) < 4.78 is 5.79. The molecule has 9 nitrogen and oxygen atoms in total. The third-order valence-corrected chi connectivity index (χ3v) is 5.14. The number of aldehydes is 1. The summed E-state index contributed by atoms with van der Waals surface area (Å²) in [5, 5.41) is 7.61. The van der Waals surface area contributed by atoms with Gasteiger partial charge in [0.25, 0.3) is 5.56 Å². The van der Waals surface area contributed by atoms with Crippen LogP contribution in [0.1, 0.15) is 6.42 Å². The maximum Gasteiger partial charge on any atom is 0.276 e. The smallest absolute Gasteiger partial charge is 0.276 e. The van der Waals surface area contributed by atoms with E-state index in [1.807, 2.05) is 30.3 Å². The van der Waals surface area contributed by atoms with Gasteiger partial charge in [0, 0.05) is 18.8 Å². The summed E-state index contributed by atoms with van der Waals surface area (Å²) in [6, 6.07) is 18.2. The molecule has 1 aliphatic rings. The van der Waals surface area contributed by atoms with Gasteiger partial charge in [-0.2, -0.15) is 5.01 Å². The van der Waals surface area contributed by atoms with E-state index in [9.17, 15) is 9.70 Å². The first-order chi connectivity index (χ1) is 16.5.